The number of nitrogens with zero attached hydrogens (tertiary/aromatic N) is 2. The smallest absolute Gasteiger partial charge is 0.264 e. The highest BCUT2D eigenvalue weighted by atomic mass is 35.5. The van der Waals surface area contributed by atoms with Crippen molar-refractivity contribution in [1.29, 1.82) is 0 Å². The van der Waals surface area contributed by atoms with E-state index in [-0.39, 0.29) is 37.0 Å². The molecule has 4 aromatic rings. The molecule has 0 radical (unpaired) electrons. The average molecular weight is 606 g/mol. The number of aromatic nitrogens is 1. The molecule has 1 aromatic heterocycles. The van der Waals surface area contributed by atoms with Gasteiger partial charge in [0.1, 0.15) is 12.4 Å². The van der Waals surface area contributed by atoms with E-state index in [9.17, 15) is 21.6 Å². The predicted molar refractivity (Wildman–Crippen MR) is 152 cm³/mol. The molecular formula is C26H22Cl2N4O5S2. The highest BCUT2D eigenvalue weighted by molar-refractivity contribution is 7.93. The normalized spacial score (nSPS) is 11.6. The Bertz CT molecular complexity index is 1680. The molecule has 0 spiro atoms. The lowest BCUT2D eigenvalue weighted by Gasteiger charge is -2.24. The number of nitrogens with one attached hydrogen (secondary N) is 2. The van der Waals surface area contributed by atoms with E-state index < -0.39 is 32.5 Å². The maximum Gasteiger partial charge on any atom is 0.264 e. The molecule has 2 N–H and O–H groups in total. The molecule has 13 heteroatoms. The van der Waals surface area contributed by atoms with Crippen molar-refractivity contribution < 1.29 is 21.6 Å². The predicted octanol–water partition coefficient (Wildman–Crippen LogP) is 5.33. The Morgan fingerprint density at radius 1 is 0.846 bits per heavy atom. The van der Waals surface area contributed by atoms with Gasteiger partial charge in [0.15, 0.2) is 0 Å². The summed E-state index contributed by atoms with van der Waals surface area (Å²) in [6, 6.07) is 20.6. The van der Waals surface area contributed by atoms with Crippen molar-refractivity contribution in [3.63, 3.8) is 0 Å². The van der Waals surface area contributed by atoms with Crippen molar-refractivity contribution in [2.75, 3.05) is 20.9 Å². The van der Waals surface area contributed by atoms with Crippen LogP contribution < -0.4 is 14.3 Å². The van der Waals surface area contributed by atoms with E-state index in [2.05, 4.69) is 15.0 Å². The Hall–Kier alpha value is -3.64. The number of aryl methyl sites for hydroxylation is 1. The van der Waals surface area contributed by atoms with E-state index >= 15 is 0 Å². The summed E-state index contributed by atoms with van der Waals surface area (Å²) in [5.74, 6) is -0.519. The van der Waals surface area contributed by atoms with Gasteiger partial charge in [0, 0.05) is 21.9 Å². The molecule has 0 unspecified atom stereocenters. The van der Waals surface area contributed by atoms with E-state index in [0.29, 0.717) is 0 Å². The number of pyridine rings is 1. The number of rotatable bonds is 9. The van der Waals surface area contributed by atoms with Crippen LogP contribution in [-0.2, 0) is 24.8 Å². The quantitative estimate of drug-likeness (QED) is 0.266. The van der Waals surface area contributed by atoms with Crippen molar-refractivity contribution in [3.8, 4) is 0 Å². The monoisotopic (exact) mass is 604 g/mol. The zero-order chi connectivity index (χ0) is 28.2. The van der Waals surface area contributed by atoms with Crippen molar-refractivity contribution in [2.45, 2.75) is 16.7 Å². The molecule has 0 aliphatic heterocycles. The lowest BCUT2D eigenvalue weighted by atomic mass is 10.2. The summed E-state index contributed by atoms with van der Waals surface area (Å²) in [6.45, 7) is 1.22. The maximum atomic E-state index is 13.5. The number of carbonyl (C=O) groups excluding carboxylic acids is 1. The maximum absolute atomic E-state index is 13.5. The highest BCUT2D eigenvalue weighted by Crippen LogP contribution is 2.30. The standard InChI is InChI=1S/C26H22Cl2N4O5S2/c1-18-5-9-24(10-6-18)39(36,37)32(22-15-19(27)14-20(28)16-22)17-26(33)30-21-7-11-23(12-8-21)38(34,35)31-25-4-2-3-13-29-25/h2-16H,17H2,1H3,(H,29,31)(H,30,33). The first-order valence-corrected chi connectivity index (χ1v) is 15.0. The number of benzene rings is 3. The largest absolute Gasteiger partial charge is 0.325 e. The molecule has 1 heterocycles. The second-order valence-electron chi connectivity index (χ2n) is 8.35. The molecule has 1 amide bonds. The molecule has 0 saturated carbocycles. The summed E-state index contributed by atoms with van der Waals surface area (Å²) >= 11 is 12.2. The summed E-state index contributed by atoms with van der Waals surface area (Å²) in [7, 11) is -8.10. The van der Waals surface area contributed by atoms with Gasteiger partial charge >= 0.3 is 0 Å². The minimum atomic E-state index is -4.19. The molecule has 4 rings (SSSR count). The Morgan fingerprint density at radius 3 is 2.05 bits per heavy atom. The van der Waals surface area contributed by atoms with Crippen molar-refractivity contribution >= 4 is 66.3 Å². The Labute approximate surface area is 236 Å². The summed E-state index contributed by atoms with van der Waals surface area (Å²) in [4.78, 5) is 16.9. The van der Waals surface area contributed by atoms with Gasteiger partial charge in [-0.15, -0.1) is 0 Å². The number of hydrogen-bond acceptors (Lipinski definition) is 6. The highest BCUT2D eigenvalue weighted by Gasteiger charge is 2.28. The van der Waals surface area contributed by atoms with Gasteiger partial charge in [-0.05, 0) is 73.7 Å². The molecule has 0 bridgehead atoms. The van der Waals surface area contributed by atoms with Gasteiger partial charge in [0.2, 0.25) is 5.91 Å². The van der Waals surface area contributed by atoms with Crippen LogP contribution >= 0.6 is 23.2 Å². The third-order valence-corrected chi connectivity index (χ3v) is 8.98. The fourth-order valence-corrected chi connectivity index (χ4v) is 6.43. The number of sulfonamides is 2. The molecule has 3 aromatic carbocycles. The van der Waals surface area contributed by atoms with Crippen LogP contribution in [0.15, 0.2) is 101 Å². The summed E-state index contributed by atoms with van der Waals surface area (Å²) < 4.78 is 55.6. The zero-order valence-corrected chi connectivity index (χ0v) is 23.5. The molecule has 0 aliphatic rings. The Morgan fingerprint density at radius 2 is 1.46 bits per heavy atom. The van der Waals surface area contributed by atoms with Gasteiger partial charge in [-0.2, -0.15) is 0 Å². The average Bonchev–Trinajstić information content (AvgIpc) is 2.87. The lowest BCUT2D eigenvalue weighted by Crippen LogP contribution is -2.38. The van der Waals surface area contributed by atoms with Gasteiger partial charge in [0.25, 0.3) is 20.0 Å². The molecular weight excluding hydrogens is 583 g/mol. The van der Waals surface area contributed by atoms with Crippen molar-refractivity contribution in [2.24, 2.45) is 0 Å². The number of carbonyl (C=O) groups is 1. The first-order valence-electron chi connectivity index (χ1n) is 11.3. The lowest BCUT2D eigenvalue weighted by molar-refractivity contribution is -0.114. The topological polar surface area (TPSA) is 126 Å². The molecule has 39 heavy (non-hydrogen) atoms. The van der Waals surface area contributed by atoms with E-state index in [1.54, 1.807) is 24.3 Å². The first-order chi connectivity index (χ1) is 18.4. The number of halogens is 2. The second-order valence-corrected chi connectivity index (χ2v) is 12.8. The van der Waals surface area contributed by atoms with Crippen LogP contribution in [0.5, 0.6) is 0 Å². The van der Waals surface area contributed by atoms with Gasteiger partial charge in [-0.1, -0.05) is 47.0 Å². The summed E-state index contributed by atoms with van der Waals surface area (Å²) in [5, 5.41) is 2.98. The Kier molecular flexibility index (Phi) is 8.45. The van der Waals surface area contributed by atoms with Crippen LogP contribution in [0.4, 0.5) is 17.2 Å². The van der Waals surface area contributed by atoms with Crippen LogP contribution in [0.3, 0.4) is 0 Å². The second kappa shape index (κ2) is 11.6. The van der Waals surface area contributed by atoms with E-state index in [1.165, 1.54) is 66.9 Å². The third-order valence-electron chi connectivity index (χ3n) is 5.38. The first kappa shape index (κ1) is 28.4. The van der Waals surface area contributed by atoms with Crippen LogP contribution in [0.25, 0.3) is 0 Å². The van der Waals surface area contributed by atoms with Gasteiger partial charge < -0.3 is 5.32 Å². The van der Waals surface area contributed by atoms with E-state index in [1.807, 2.05) is 6.92 Å². The number of anilines is 3. The fourth-order valence-electron chi connectivity index (χ4n) is 3.50. The fraction of sp³-hybridized carbons (Fsp3) is 0.0769. The summed E-state index contributed by atoms with van der Waals surface area (Å²) in [6.07, 6.45) is 1.45. The van der Waals surface area contributed by atoms with Gasteiger partial charge in [0.05, 0.1) is 15.5 Å². The zero-order valence-electron chi connectivity index (χ0n) is 20.4. The van der Waals surface area contributed by atoms with E-state index in [4.69, 9.17) is 23.2 Å². The van der Waals surface area contributed by atoms with E-state index in [0.717, 1.165) is 9.87 Å². The Balaban J connectivity index is 1.56. The molecule has 0 saturated heterocycles. The minimum Gasteiger partial charge on any atom is -0.325 e. The van der Waals surface area contributed by atoms with Crippen LogP contribution in [-0.4, -0.2) is 34.3 Å². The van der Waals surface area contributed by atoms with Crippen LogP contribution in [0.2, 0.25) is 10.0 Å². The van der Waals surface area contributed by atoms with Gasteiger partial charge in [-0.25, -0.2) is 21.8 Å². The third kappa shape index (κ3) is 7.07. The van der Waals surface area contributed by atoms with Gasteiger partial charge in [-0.3, -0.25) is 13.8 Å². The molecule has 0 fully saturated rings. The SMILES string of the molecule is Cc1ccc(S(=O)(=O)N(CC(=O)Nc2ccc(S(=O)(=O)Nc3ccccn3)cc2)c2cc(Cl)cc(Cl)c2)cc1. The van der Waals surface area contributed by atoms with Crippen molar-refractivity contribution in [1.82, 2.24) is 4.98 Å². The molecule has 0 aliphatic carbocycles. The minimum absolute atomic E-state index is 0.0213. The molecule has 0 atom stereocenters. The molecule has 9 nitrogen and oxygen atoms in total. The molecule has 202 valence electrons. The van der Waals surface area contributed by atoms with Crippen LogP contribution in [0.1, 0.15) is 5.56 Å². The summed E-state index contributed by atoms with van der Waals surface area (Å²) in [5.41, 5.74) is 1.23. The van der Waals surface area contributed by atoms with Crippen molar-refractivity contribution in [3.05, 3.63) is 107 Å². The van der Waals surface area contributed by atoms with Crippen LogP contribution in [0, 0.1) is 6.92 Å². The number of hydrogen-bond donors (Lipinski definition) is 2. The number of amides is 1.